The number of rotatable bonds is 4. The molecule has 0 aliphatic carbocycles. The van der Waals surface area contributed by atoms with Gasteiger partial charge in [0.2, 0.25) is 6.79 Å². The Morgan fingerprint density at radius 3 is 2.81 bits per heavy atom. The molecule has 1 aliphatic rings. The molecule has 4 heteroatoms. The number of nitriles is 1. The Hall–Kier alpha value is -2.51. The van der Waals surface area contributed by atoms with Gasteiger partial charge in [0.25, 0.3) is 0 Å². The van der Waals surface area contributed by atoms with Crippen molar-refractivity contribution in [1.29, 1.82) is 5.26 Å². The van der Waals surface area contributed by atoms with Gasteiger partial charge in [-0.15, -0.1) is 0 Å². The monoisotopic (exact) mass is 280 g/mol. The first-order valence-electron chi connectivity index (χ1n) is 6.89. The van der Waals surface area contributed by atoms with Gasteiger partial charge in [0.1, 0.15) is 0 Å². The molecule has 1 atom stereocenters. The van der Waals surface area contributed by atoms with Crippen molar-refractivity contribution in [3.05, 3.63) is 59.2 Å². The zero-order chi connectivity index (χ0) is 14.7. The van der Waals surface area contributed by atoms with Crippen LogP contribution in [0, 0.1) is 11.3 Å². The predicted molar refractivity (Wildman–Crippen MR) is 79.2 cm³/mol. The molecule has 2 N–H and O–H groups in total. The lowest BCUT2D eigenvalue weighted by Gasteiger charge is -2.16. The van der Waals surface area contributed by atoms with Crippen LogP contribution in [-0.4, -0.2) is 13.3 Å². The Morgan fingerprint density at radius 1 is 1.14 bits per heavy atom. The second kappa shape index (κ2) is 5.86. The molecule has 2 aromatic rings. The Bertz CT molecular complexity index is 691. The maximum atomic E-state index is 8.97. The SMILES string of the molecule is N#Cc1cccc(CC(CN)c2ccc3c(c2)OCO3)c1. The molecule has 3 rings (SSSR count). The van der Waals surface area contributed by atoms with Crippen LogP contribution in [0.5, 0.6) is 11.5 Å². The lowest BCUT2D eigenvalue weighted by Crippen LogP contribution is -2.15. The van der Waals surface area contributed by atoms with E-state index in [1.54, 1.807) is 0 Å². The Labute approximate surface area is 123 Å². The summed E-state index contributed by atoms with van der Waals surface area (Å²) in [4.78, 5) is 0. The molecule has 0 saturated heterocycles. The van der Waals surface area contributed by atoms with E-state index in [9.17, 15) is 0 Å². The van der Waals surface area contributed by atoms with Crippen LogP contribution >= 0.6 is 0 Å². The molecule has 0 amide bonds. The molecule has 1 unspecified atom stereocenters. The van der Waals surface area contributed by atoms with Gasteiger partial charge in [-0.3, -0.25) is 0 Å². The summed E-state index contributed by atoms with van der Waals surface area (Å²) in [6.07, 6.45) is 0.797. The molecular weight excluding hydrogens is 264 g/mol. The van der Waals surface area contributed by atoms with Gasteiger partial charge in [-0.05, 0) is 48.4 Å². The van der Waals surface area contributed by atoms with E-state index < -0.39 is 0 Å². The van der Waals surface area contributed by atoms with E-state index in [1.807, 2.05) is 42.5 Å². The fraction of sp³-hybridized carbons (Fsp3) is 0.235. The van der Waals surface area contributed by atoms with Crippen LogP contribution in [0.2, 0.25) is 0 Å². The summed E-state index contributed by atoms with van der Waals surface area (Å²) in [5.41, 5.74) is 8.85. The summed E-state index contributed by atoms with van der Waals surface area (Å²) in [6, 6.07) is 15.8. The number of nitrogens with two attached hydrogens (primary N) is 1. The Balaban J connectivity index is 1.83. The van der Waals surface area contributed by atoms with Gasteiger partial charge in [-0.2, -0.15) is 5.26 Å². The van der Waals surface area contributed by atoms with Crippen molar-refractivity contribution in [1.82, 2.24) is 0 Å². The molecular formula is C17H16N2O2. The van der Waals surface area contributed by atoms with Gasteiger partial charge < -0.3 is 15.2 Å². The normalized spacial score (nSPS) is 13.7. The molecule has 4 nitrogen and oxygen atoms in total. The molecule has 0 fully saturated rings. The molecule has 106 valence electrons. The fourth-order valence-corrected chi connectivity index (χ4v) is 2.56. The zero-order valence-corrected chi connectivity index (χ0v) is 11.6. The highest BCUT2D eigenvalue weighted by Crippen LogP contribution is 2.35. The largest absolute Gasteiger partial charge is 0.454 e. The van der Waals surface area contributed by atoms with Gasteiger partial charge in [0, 0.05) is 5.92 Å². The summed E-state index contributed by atoms with van der Waals surface area (Å²) < 4.78 is 10.7. The highest BCUT2D eigenvalue weighted by atomic mass is 16.7. The van der Waals surface area contributed by atoms with E-state index in [4.69, 9.17) is 20.5 Å². The molecule has 1 heterocycles. The van der Waals surface area contributed by atoms with Gasteiger partial charge in [0.15, 0.2) is 11.5 Å². The number of ether oxygens (including phenoxy) is 2. The zero-order valence-electron chi connectivity index (χ0n) is 11.6. The second-order valence-electron chi connectivity index (χ2n) is 5.06. The van der Waals surface area contributed by atoms with E-state index in [0.717, 1.165) is 29.0 Å². The topological polar surface area (TPSA) is 68.3 Å². The molecule has 0 spiro atoms. The molecule has 0 saturated carbocycles. The van der Waals surface area contributed by atoms with Crippen molar-refractivity contribution in [3.63, 3.8) is 0 Å². The molecule has 0 aromatic heterocycles. The number of hydrogen-bond donors (Lipinski definition) is 1. The number of fused-ring (bicyclic) bond motifs is 1. The van der Waals surface area contributed by atoms with Crippen molar-refractivity contribution in [2.24, 2.45) is 5.73 Å². The van der Waals surface area contributed by atoms with Crippen LogP contribution in [0.4, 0.5) is 0 Å². The minimum atomic E-state index is 0.188. The van der Waals surface area contributed by atoms with Crippen molar-refractivity contribution >= 4 is 0 Å². The van der Waals surface area contributed by atoms with Crippen LogP contribution < -0.4 is 15.2 Å². The second-order valence-corrected chi connectivity index (χ2v) is 5.06. The van der Waals surface area contributed by atoms with Gasteiger partial charge in [0.05, 0.1) is 11.6 Å². The first-order valence-corrected chi connectivity index (χ1v) is 6.89. The maximum Gasteiger partial charge on any atom is 0.231 e. The number of benzene rings is 2. The maximum absolute atomic E-state index is 8.97. The molecule has 21 heavy (non-hydrogen) atoms. The first-order chi connectivity index (χ1) is 10.3. The van der Waals surface area contributed by atoms with Crippen molar-refractivity contribution in [2.45, 2.75) is 12.3 Å². The van der Waals surface area contributed by atoms with Crippen molar-refractivity contribution in [3.8, 4) is 17.6 Å². The quantitative estimate of drug-likeness (QED) is 0.934. The van der Waals surface area contributed by atoms with E-state index in [0.29, 0.717) is 12.1 Å². The minimum Gasteiger partial charge on any atom is -0.454 e. The highest BCUT2D eigenvalue weighted by molar-refractivity contribution is 5.46. The van der Waals surface area contributed by atoms with E-state index >= 15 is 0 Å². The molecule has 1 aliphatic heterocycles. The van der Waals surface area contributed by atoms with Crippen molar-refractivity contribution < 1.29 is 9.47 Å². The first kappa shape index (κ1) is 13.5. The summed E-state index contributed by atoms with van der Waals surface area (Å²) in [6.45, 7) is 0.812. The van der Waals surface area contributed by atoms with Gasteiger partial charge >= 0.3 is 0 Å². The summed E-state index contributed by atoms with van der Waals surface area (Å²) in [7, 11) is 0. The lowest BCUT2D eigenvalue weighted by atomic mass is 9.91. The van der Waals surface area contributed by atoms with E-state index in [-0.39, 0.29) is 12.7 Å². The number of nitrogens with zero attached hydrogens (tertiary/aromatic N) is 1. The van der Waals surface area contributed by atoms with Crippen LogP contribution in [0.3, 0.4) is 0 Å². The van der Waals surface area contributed by atoms with Crippen molar-refractivity contribution in [2.75, 3.05) is 13.3 Å². The third-order valence-corrected chi connectivity index (χ3v) is 3.69. The van der Waals surface area contributed by atoms with Crippen LogP contribution in [0.25, 0.3) is 0 Å². The van der Waals surface area contributed by atoms with E-state index in [1.165, 1.54) is 0 Å². The van der Waals surface area contributed by atoms with Gasteiger partial charge in [-0.25, -0.2) is 0 Å². The van der Waals surface area contributed by atoms with E-state index in [2.05, 4.69) is 6.07 Å². The Kier molecular flexibility index (Phi) is 3.76. The fourth-order valence-electron chi connectivity index (χ4n) is 2.56. The predicted octanol–water partition coefficient (Wildman–Crippen LogP) is 2.57. The molecule has 2 aromatic carbocycles. The molecule has 0 radical (unpaired) electrons. The van der Waals surface area contributed by atoms with Crippen LogP contribution in [0.1, 0.15) is 22.6 Å². The summed E-state index contributed by atoms with van der Waals surface area (Å²) in [5.74, 6) is 1.74. The molecule has 0 bridgehead atoms. The summed E-state index contributed by atoms with van der Waals surface area (Å²) >= 11 is 0. The van der Waals surface area contributed by atoms with Crippen LogP contribution in [0.15, 0.2) is 42.5 Å². The van der Waals surface area contributed by atoms with Gasteiger partial charge in [-0.1, -0.05) is 18.2 Å². The third-order valence-electron chi connectivity index (χ3n) is 3.69. The Morgan fingerprint density at radius 2 is 2.00 bits per heavy atom. The number of hydrogen-bond acceptors (Lipinski definition) is 4. The lowest BCUT2D eigenvalue weighted by molar-refractivity contribution is 0.174. The standard InChI is InChI=1S/C17H16N2O2/c18-9-13-3-1-2-12(6-13)7-15(10-19)14-4-5-16-17(8-14)21-11-20-16/h1-6,8,15H,7,10-11,19H2. The average molecular weight is 280 g/mol. The average Bonchev–Trinajstić information content (AvgIpc) is 3.00. The third kappa shape index (κ3) is 2.83. The minimum absolute atomic E-state index is 0.188. The smallest absolute Gasteiger partial charge is 0.231 e. The highest BCUT2D eigenvalue weighted by Gasteiger charge is 2.17. The van der Waals surface area contributed by atoms with Crippen LogP contribution in [-0.2, 0) is 6.42 Å². The summed E-state index contributed by atoms with van der Waals surface area (Å²) in [5, 5.41) is 8.97.